The number of amides is 2. The number of anilines is 1. The largest absolute Gasteiger partial charge is 0.357 e. The molecule has 0 saturated heterocycles. The highest BCUT2D eigenvalue weighted by Crippen LogP contribution is 2.24. The van der Waals surface area contributed by atoms with Crippen LogP contribution < -0.4 is 9.62 Å². The first-order valence-corrected chi connectivity index (χ1v) is 13.0. The minimum atomic E-state index is -3.76. The van der Waals surface area contributed by atoms with Crippen LogP contribution in [0.2, 0.25) is 5.02 Å². The Hall–Kier alpha value is -2.58. The quantitative estimate of drug-likeness (QED) is 0.545. The molecule has 0 unspecified atom stereocenters. The predicted octanol–water partition coefficient (Wildman–Crippen LogP) is 3.78. The summed E-state index contributed by atoms with van der Waals surface area (Å²) in [5.74, 6) is -0.537. The lowest BCUT2D eigenvalue weighted by Crippen LogP contribution is -2.51. The van der Waals surface area contributed by atoms with Crippen molar-refractivity contribution in [3.8, 4) is 0 Å². The summed E-state index contributed by atoms with van der Waals surface area (Å²) in [4.78, 5) is 27.4. The van der Waals surface area contributed by atoms with E-state index in [0.29, 0.717) is 22.7 Å². The van der Waals surface area contributed by atoms with Gasteiger partial charge in [0.05, 0.1) is 11.9 Å². The summed E-state index contributed by atoms with van der Waals surface area (Å²) in [6, 6.07) is 13.4. The van der Waals surface area contributed by atoms with Crippen LogP contribution in [0.1, 0.15) is 44.2 Å². The third kappa shape index (κ3) is 6.95. The van der Waals surface area contributed by atoms with Gasteiger partial charge in [0.25, 0.3) is 0 Å². The van der Waals surface area contributed by atoms with E-state index in [9.17, 15) is 18.0 Å². The standard InChI is InChI=1S/C24H32ClN3O4S/c1-6-22(24(30)26-4)27(15-19-9-7-8-10-21(19)25)23(29)16-28(33(5,31)32)20-13-11-18(12-14-20)17(2)3/h7-14,17,22H,6,15-16H2,1-5H3,(H,26,30)/t22-/m0/s1. The summed E-state index contributed by atoms with van der Waals surface area (Å²) in [7, 11) is -2.26. The molecule has 0 saturated carbocycles. The molecule has 0 heterocycles. The second-order valence-corrected chi connectivity index (χ2v) is 10.5. The second-order valence-electron chi connectivity index (χ2n) is 8.17. The Morgan fingerprint density at radius 1 is 1.06 bits per heavy atom. The lowest BCUT2D eigenvalue weighted by atomic mass is 10.0. The van der Waals surface area contributed by atoms with Crippen LogP contribution in [0.15, 0.2) is 48.5 Å². The topological polar surface area (TPSA) is 86.8 Å². The highest BCUT2D eigenvalue weighted by Gasteiger charge is 2.31. The molecule has 0 fully saturated rings. The van der Waals surface area contributed by atoms with Gasteiger partial charge in [-0.1, -0.05) is 62.7 Å². The highest BCUT2D eigenvalue weighted by molar-refractivity contribution is 7.92. The molecule has 2 aromatic carbocycles. The third-order valence-electron chi connectivity index (χ3n) is 5.46. The third-order valence-corrected chi connectivity index (χ3v) is 6.97. The van der Waals surface area contributed by atoms with E-state index in [1.165, 1.54) is 11.9 Å². The molecule has 0 aliphatic rings. The number of sulfonamides is 1. The Morgan fingerprint density at radius 2 is 1.67 bits per heavy atom. The zero-order chi connectivity index (χ0) is 24.8. The molecule has 1 N–H and O–H groups in total. The van der Waals surface area contributed by atoms with E-state index in [-0.39, 0.29) is 18.4 Å². The summed E-state index contributed by atoms with van der Waals surface area (Å²) >= 11 is 6.30. The Balaban J connectivity index is 2.43. The molecular formula is C24H32ClN3O4S. The van der Waals surface area contributed by atoms with Gasteiger partial charge < -0.3 is 10.2 Å². The van der Waals surface area contributed by atoms with E-state index in [0.717, 1.165) is 16.1 Å². The number of carbonyl (C=O) groups excluding carboxylic acids is 2. The minimum absolute atomic E-state index is 0.0777. The van der Waals surface area contributed by atoms with Gasteiger partial charge in [-0.25, -0.2) is 8.42 Å². The zero-order valence-corrected chi connectivity index (χ0v) is 21.3. The number of rotatable bonds is 10. The van der Waals surface area contributed by atoms with Gasteiger partial charge in [0.1, 0.15) is 12.6 Å². The van der Waals surface area contributed by atoms with Crippen LogP contribution in [0, 0.1) is 0 Å². The molecule has 0 radical (unpaired) electrons. The number of carbonyl (C=O) groups is 2. The van der Waals surface area contributed by atoms with Crippen molar-refractivity contribution >= 4 is 39.1 Å². The van der Waals surface area contributed by atoms with Crippen LogP contribution in [0.25, 0.3) is 0 Å². The van der Waals surface area contributed by atoms with Gasteiger partial charge in [0, 0.05) is 18.6 Å². The molecule has 7 nitrogen and oxygen atoms in total. The van der Waals surface area contributed by atoms with E-state index in [2.05, 4.69) is 5.32 Å². The number of halogens is 1. The summed E-state index contributed by atoms with van der Waals surface area (Å²) < 4.78 is 26.3. The number of nitrogens with one attached hydrogen (secondary N) is 1. The van der Waals surface area contributed by atoms with Crippen molar-refractivity contribution in [1.29, 1.82) is 0 Å². The van der Waals surface area contributed by atoms with E-state index in [1.54, 1.807) is 43.3 Å². The van der Waals surface area contributed by atoms with Gasteiger partial charge in [-0.15, -0.1) is 0 Å². The molecule has 2 aromatic rings. The number of likely N-dealkylation sites (N-methyl/N-ethyl adjacent to an activating group) is 1. The maximum atomic E-state index is 13.5. The highest BCUT2D eigenvalue weighted by atomic mass is 35.5. The fourth-order valence-corrected chi connectivity index (χ4v) is 4.58. The number of benzene rings is 2. The van der Waals surface area contributed by atoms with Gasteiger partial charge in [-0.3, -0.25) is 13.9 Å². The van der Waals surface area contributed by atoms with Crippen LogP contribution >= 0.6 is 11.6 Å². The van der Waals surface area contributed by atoms with Crippen LogP contribution in [0.3, 0.4) is 0 Å². The van der Waals surface area contributed by atoms with Gasteiger partial charge in [0.15, 0.2) is 0 Å². The Kier molecular flexibility index (Phi) is 9.31. The average molecular weight is 494 g/mol. The fraction of sp³-hybridized carbons (Fsp3) is 0.417. The molecule has 0 spiro atoms. The molecule has 0 aromatic heterocycles. The lowest BCUT2D eigenvalue weighted by molar-refractivity contribution is -0.140. The van der Waals surface area contributed by atoms with Gasteiger partial charge >= 0.3 is 0 Å². The van der Waals surface area contributed by atoms with Crippen molar-refractivity contribution in [1.82, 2.24) is 10.2 Å². The van der Waals surface area contributed by atoms with Crippen LogP contribution in [0.4, 0.5) is 5.69 Å². The molecule has 0 aliphatic carbocycles. The molecule has 180 valence electrons. The van der Waals surface area contributed by atoms with E-state index in [4.69, 9.17) is 11.6 Å². The van der Waals surface area contributed by atoms with E-state index < -0.39 is 28.5 Å². The molecular weight excluding hydrogens is 462 g/mol. The normalized spacial score (nSPS) is 12.3. The Bertz CT molecular complexity index is 1070. The summed E-state index contributed by atoms with van der Waals surface area (Å²) in [6.07, 6.45) is 1.42. The summed E-state index contributed by atoms with van der Waals surface area (Å²) in [5.41, 5.74) is 2.12. The molecule has 9 heteroatoms. The van der Waals surface area contributed by atoms with Crippen molar-refractivity contribution in [3.05, 3.63) is 64.7 Å². The number of hydrogen-bond acceptors (Lipinski definition) is 4. The van der Waals surface area contributed by atoms with Crippen molar-refractivity contribution in [2.75, 3.05) is 24.2 Å². The van der Waals surface area contributed by atoms with Crippen LogP contribution in [-0.4, -0.2) is 51.0 Å². The molecule has 2 amide bonds. The van der Waals surface area contributed by atoms with Crippen molar-refractivity contribution in [2.24, 2.45) is 0 Å². The van der Waals surface area contributed by atoms with Crippen molar-refractivity contribution in [3.63, 3.8) is 0 Å². The maximum Gasteiger partial charge on any atom is 0.244 e. The second kappa shape index (κ2) is 11.5. The first-order valence-electron chi connectivity index (χ1n) is 10.8. The number of nitrogens with zero attached hydrogens (tertiary/aromatic N) is 2. The summed E-state index contributed by atoms with van der Waals surface area (Å²) in [6.45, 7) is 5.53. The molecule has 33 heavy (non-hydrogen) atoms. The molecule has 0 bridgehead atoms. The number of hydrogen-bond donors (Lipinski definition) is 1. The van der Waals surface area contributed by atoms with E-state index >= 15 is 0 Å². The predicted molar refractivity (Wildman–Crippen MR) is 133 cm³/mol. The first-order chi connectivity index (χ1) is 15.5. The SMILES string of the molecule is CC[C@@H](C(=O)NC)N(Cc1ccccc1Cl)C(=O)CN(c1ccc(C(C)C)cc1)S(C)(=O)=O. The molecule has 1 atom stereocenters. The van der Waals surface area contributed by atoms with Crippen LogP contribution in [0.5, 0.6) is 0 Å². The minimum Gasteiger partial charge on any atom is -0.357 e. The maximum absolute atomic E-state index is 13.5. The molecule has 0 aliphatic heterocycles. The molecule has 2 rings (SSSR count). The van der Waals surface area contributed by atoms with Crippen molar-refractivity contribution < 1.29 is 18.0 Å². The first kappa shape index (κ1) is 26.7. The smallest absolute Gasteiger partial charge is 0.244 e. The Morgan fingerprint density at radius 3 is 2.15 bits per heavy atom. The lowest BCUT2D eigenvalue weighted by Gasteiger charge is -2.32. The van der Waals surface area contributed by atoms with E-state index in [1.807, 2.05) is 26.0 Å². The Labute approximate surface area is 201 Å². The zero-order valence-electron chi connectivity index (χ0n) is 19.7. The van der Waals surface area contributed by atoms with Gasteiger partial charge in [-0.2, -0.15) is 0 Å². The van der Waals surface area contributed by atoms with Gasteiger partial charge in [0.2, 0.25) is 21.8 Å². The monoisotopic (exact) mass is 493 g/mol. The summed E-state index contributed by atoms with van der Waals surface area (Å²) in [5, 5.41) is 3.05. The van der Waals surface area contributed by atoms with Crippen molar-refractivity contribution in [2.45, 2.75) is 45.7 Å². The fourth-order valence-electron chi connectivity index (χ4n) is 3.54. The average Bonchev–Trinajstić information content (AvgIpc) is 2.77. The van der Waals surface area contributed by atoms with Crippen LogP contribution in [-0.2, 0) is 26.2 Å². The van der Waals surface area contributed by atoms with Gasteiger partial charge in [-0.05, 0) is 41.7 Å².